The van der Waals surface area contributed by atoms with E-state index in [0.717, 1.165) is 18.1 Å². The predicted octanol–water partition coefficient (Wildman–Crippen LogP) is 1.22. The second-order valence-corrected chi connectivity index (χ2v) is 2.30. The first kappa shape index (κ1) is 4.79. The zero-order valence-corrected chi connectivity index (χ0v) is 5.33. The van der Waals surface area contributed by atoms with Gasteiger partial charge in [-0.05, 0) is 13.0 Å². The summed E-state index contributed by atoms with van der Waals surface area (Å²) in [5.41, 5.74) is 1.11. The Balaban J connectivity index is 2.61. The van der Waals surface area contributed by atoms with E-state index in [0.29, 0.717) is 0 Å². The molecule has 2 heterocycles. The summed E-state index contributed by atoms with van der Waals surface area (Å²) in [5, 5.41) is 0. The summed E-state index contributed by atoms with van der Waals surface area (Å²) in [7, 11) is 0. The topological polar surface area (TPSA) is 17.8 Å². The second kappa shape index (κ2) is 1.47. The lowest BCUT2D eigenvalue weighted by Crippen LogP contribution is -1.88. The molecule has 1 aliphatic rings. The Bertz CT molecular complexity index is 258. The van der Waals surface area contributed by atoms with Crippen LogP contribution in [0.3, 0.4) is 0 Å². The highest BCUT2D eigenvalue weighted by molar-refractivity contribution is 5.44. The number of hydrogen-bond acceptors (Lipinski definition) is 1. The Morgan fingerprint density at radius 3 is 3.33 bits per heavy atom. The summed E-state index contributed by atoms with van der Waals surface area (Å²) in [6, 6.07) is 0. The van der Waals surface area contributed by atoms with Crippen LogP contribution in [-0.4, -0.2) is 9.55 Å². The fourth-order valence-corrected chi connectivity index (χ4v) is 1.12. The van der Waals surface area contributed by atoms with Crippen molar-refractivity contribution in [2.45, 2.75) is 13.5 Å². The van der Waals surface area contributed by atoms with Gasteiger partial charge in [0.05, 0.1) is 5.69 Å². The van der Waals surface area contributed by atoms with E-state index in [2.05, 4.69) is 21.8 Å². The highest BCUT2D eigenvalue weighted by Gasteiger charge is 2.04. The molecule has 0 aromatic carbocycles. The third kappa shape index (κ3) is 0.593. The van der Waals surface area contributed by atoms with Crippen molar-refractivity contribution in [3.8, 4) is 0 Å². The highest BCUT2D eigenvalue weighted by atomic mass is 15.1. The molecule has 0 saturated heterocycles. The van der Waals surface area contributed by atoms with Gasteiger partial charge >= 0.3 is 0 Å². The summed E-state index contributed by atoms with van der Waals surface area (Å²) < 4.78 is 2.13. The minimum Gasteiger partial charge on any atom is -0.327 e. The van der Waals surface area contributed by atoms with Crippen LogP contribution >= 0.6 is 0 Å². The van der Waals surface area contributed by atoms with E-state index in [1.807, 2.05) is 13.0 Å². The van der Waals surface area contributed by atoms with Crippen LogP contribution in [0.2, 0.25) is 0 Å². The molecule has 0 atom stereocenters. The average Bonchev–Trinajstić information content (AvgIpc) is 2.22. The normalized spacial score (nSPS) is 14.3. The van der Waals surface area contributed by atoms with E-state index in [-0.39, 0.29) is 0 Å². The van der Waals surface area contributed by atoms with Crippen LogP contribution in [0.4, 0.5) is 0 Å². The van der Waals surface area contributed by atoms with Crippen molar-refractivity contribution in [3.63, 3.8) is 0 Å². The summed E-state index contributed by atoms with van der Waals surface area (Å²) in [4.78, 5) is 4.27. The number of allylic oxidation sites excluding steroid dienone is 1. The number of aryl methyl sites for hydroxylation is 1. The molecule has 0 unspecified atom stereocenters. The van der Waals surface area contributed by atoms with Crippen molar-refractivity contribution in [1.82, 2.24) is 9.55 Å². The van der Waals surface area contributed by atoms with Gasteiger partial charge in [0.25, 0.3) is 0 Å². The Hall–Kier alpha value is -1.05. The van der Waals surface area contributed by atoms with Gasteiger partial charge in [-0.1, -0.05) is 6.08 Å². The molecule has 0 amide bonds. The van der Waals surface area contributed by atoms with Gasteiger partial charge in [0.1, 0.15) is 5.82 Å². The molecule has 0 aliphatic carbocycles. The Labute approximate surface area is 53.8 Å². The van der Waals surface area contributed by atoms with E-state index in [1.54, 1.807) is 0 Å². The third-order valence-corrected chi connectivity index (χ3v) is 1.50. The first-order valence-corrected chi connectivity index (χ1v) is 3.06. The van der Waals surface area contributed by atoms with Crippen molar-refractivity contribution in [1.29, 1.82) is 0 Å². The molecular formula is C7H8N2. The lowest BCUT2D eigenvalue weighted by molar-refractivity contribution is 0.836. The number of fused-ring (bicyclic) bond motifs is 1. The minimum atomic E-state index is 0.996. The van der Waals surface area contributed by atoms with Gasteiger partial charge in [-0.15, -0.1) is 0 Å². The van der Waals surface area contributed by atoms with Gasteiger partial charge < -0.3 is 4.57 Å². The molecule has 0 bridgehead atoms. The van der Waals surface area contributed by atoms with E-state index < -0.39 is 0 Å². The molecule has 9 heavy (non-hydrogen) atoms. The fourth-order valence-electron chi connectivity index (χ4n) is 1.12. The molecule has 0 saturated carbocycles. The zero-order chi connectivity index (χ0) is 6.27. The van der Waals surface area contributed by atoms with E-state index in [4.69, 9.17) is 0 Å². The average molecular weight is 120 g/mol. The summed E-state index contributed by atoms with van der Waals surface area (Å²) >= 11 is 0. The van der Waals surface area contributed by atoms with Gasteiger partial charge in [0.2, 0.25) is 0 Å². The van der Waals surface area contributed by atoms with Crippen LogP contribution in [0.25, 0.3) is 6.08 Å². The fraction of sp³-hybridized carbons (Fsp3) is 0.286. The molecule has 0 spiro atoms. The van der Waals surface area contributed by atoms with E-state index in [9.17, 15) is 0 Å². The van der Waals surface area contributed by atoms with Crippen LogP contribution in [0.1, 0.15) is 11.5 Å². The van der Waals surface area contributed by atoms with Gasteiger partial charge in [0.15, 0.2) is 0 Å². The molecule has 1 aromatic heterocycles. The molecule has 0 radical (unpaired) electrons. The van der Waals surface area contributed by atoms with Crippen LogP contribution < -0.4 is 0 Å². The maximum absolute atomic E-state index is 4.27. The number of rotatable bonds is 0. The van der Waals surface area contributed by atoms with Gasteiger partial charge in [-0.25, -0.2) is 4.98 Å². The number of hydrogen-bond donors (Lipinski definition) is 0. The van der Waals surface area contributed by atoms with Crippen LogP contribution in [0.5, 0.6) is 0 Å². The smallest absolute Gasteiger partial charge is 0.132 e. The number of nitrogens with zero attached hydrogens (tertiary/aromatic N) is 2. The Morgan fingerprint density at radius 2 is 2.56 bits per heavy atom. The van der Waals surface area contributed by atoms with Gasteiger partial charge in [0, 0.05) is 12.7 Å². The summed E-state index contributed by atoms with van der Waals surface area (Å²) in [6.07, 6.45) is 6.23. The SMILES string of the molecule is Cc1cn2c(n1)C=CC2. The Morgan fingerprint density at radius 1 is 1.67 bits per heavy atom. The Kier molecular flexibility index (Phi) is 0.781. The molecular weight excluding hydrogens is 112 g/mol. The highest BCUT2D eigenvalue weighted by Crippen LogP contribution is 2.10. The van der Waals surface area contributed by atoms with Crippen molar-refractivity contribution in [2.75, 3.05) is 0 Å². The van der Waals surface area contributed by atoms with Crippen molar-refractivity contribution < 1.29 is 0 Å². The minimum absolute atomic E-state index is 0.996. The lowest BCUT2D eigenvalue weighted by atomic mass is 10.5. The van der Waals surface area contributed by atoms with Gasteiger partial charge in [-0.2, -0.15) is 0 Å². The first-order chi connectivity index (χ1) is 4.36. The number of aromatic nitrogens is 2. The molecule has 0 fully saturated rings. The quantitative estimate of drug-likeness (QED) is 0.503. The maximum Gasteiger partial charge on any atom is 0.132 e. The van der Waals surface area contributed by atoms with Crippen LogP contribution in [-0.2, 0) is 6.54 Å². The van der Waals surface area contributed by atoms with E-state index >= 15 is 0 Å². The molecule has 1 aromatic rings. The predicted molar refractivity (Wildman–Crippen MR) is 36.0 cm³/mol. The molecule has 0 N–H and O–H groups in total. The third-order valence-electron chi connectivity index (χ3n) is 1.50. The second-order valence-electron chi connectivity index (χ2n) is 2.30. The maximum atomic E-state index is 4.27. The van der Waals surface area contributed by atoms with Crippen LogP contribution in [0, 0.1) is 6.92 Å². The molecule has 1 aliphatic heterocycles. The molecule has 2 rings (SSSR count). The van der Waals surface area contributed by atoms with Crippen molar-refractivity contribution >= 4 is 6.08 Å². The summed E-state index contributed by atoms with van der Waals surface area (Å²) in [6.45, 7) is 3.01. The van der Waals surface area contributed by atoms with Gasteiger partial charge in [-0.3, -0.25) is 0 Å². The molecule has 2 heteroatoms. The van der Waals surface area contributed by atoms with Crippen molar-refractivity contribution in [2.24, 2.45) is 0 Å². The molecule has 46 valence electrons. The van der Waals surface area contributed by atoms with Crippen LogP contribution in [0.15, 0.2) is 12.3 Å². The first-order valence-electron chi connectivity index (χ1n) is 3.06. The lowest BCUT2D eigenvalue weighted by Gasteiger charge is -1.88. The molecule has 2 nitrogen and oxygen atoms in total. The number of imidazole rings is 1. The summed E-state index contributed by atoms with van der Waals surface area (Å²) in [5.74, 6) is 1.09. The largest absolute Gasteiger partial charge is 0.327 e. The standard InChI is InChI=1S/C7H8N2/c1-6-5-9-4-2-3-7(9)8-6/h2-3,5H,4H2,1H3. The van der Waals surface area contributed by atoms with Crippen molar-refractivity contribution in [3.05, 3.63) is 23.8 Å². The monoisotopic (exact) mass is 120 g/mol. The zero-order valence-electron chi connectivity index (χ0n) is 5.33. The van der Waals surface area contributed by atoms with E-state index in [1.165, 1.54) is 0 Å².